The minimum atomic E-state index is -6.04. The molecule has 0 saturated heterocycles. The third kappa shape index (κ3) is 4.64. The van der Waals surface area contributed by atoms with Crippen molar-refractivity contribution in [3.63, 3.8) is 0 Å². The van der Waals surface area contributed by atoms with Crippen LogP contribution in [0.15, 0.2) is 64.8 Å². The second kappa shape index (κ2) is 8.69. The molecule has 0 heterocycles. The average molecular weight is 461 g/mol. The van der Waals surface area contributed by atoms with Crippen LogP contribution in [0.1, 0.15) is 18.1 Å². The molecular formula is C20H17F6N3O3. The molecule has 0 aliphatic heterocycles. The Balaban J connectivity index is 2.45. The van der Waals surface area contributed by atoms with E-state index in [2.05, 4.69) is 10.2 Å². The number of ketones is 1. The van der Waals surface area contributed by atoms with Gasteiger partial charge in [-0.25, -0.2) is 0 Å². The van der Waals surface area contributed by atoms with E-state index in [1.54, 1.807) is 30.3 Å². The van der Waals surface area contributed by atoms with Gasteiger partial charge >= 0.3 is 12.4 Å². The van der Waals surface area contributed by atoms with E-state index in [1.165, 1.54) is 0 Å². The highest BCUT2D eigenvalue weighted by molar-refractivity contribution is 6.09. The summed E-state index contributed by atoms with van der Waals surface area (Å²) in [6.45, 7) is 1.04. The first-order valence-electron chi connectivity index (χ1n) is 8.89. The standard InChI is InChI=1S/C20H17F6N3O3/c1-12(30)17(16(27)31,11-13-5-3-2-4-6-13)29-28-15-9-7-14(8-10-15)18(32,19(21,22)23)20(24,25)26/h2-10,32H,11H2,1H3,(H2,27,31). The van der Waals surface area contributed by atoms with Crippen LogP contribution in [-0.2, 0) is 21.6 Å². The molecule has 0 aromatic heterocycles. The topological polar surface area (TPSA) is 105 Å². The molecule has 12 heteroatoms. The molecule has 2 aromatic rings. The van der Waals surface area contributed by atoms with Crippen LogP contribution >= 0.6 is 0 Å². The van der Waals surface area contributed by atoms with Crippen LogP contribution in [0.25, 0.3) is 0 Å². The molecule has 6 nitrogen and oxygen atoms in total. The van der Waals surface area contributed by atoms with Gasteiger partial charge in [0.25, 0.3) is 11.5 Å². The lowest BCUT2D eigenvalue weighted by Gasteiger charge is -2.32. The van der Waals surface area contributed by atoms with Crippen molar-refractivity contribution in [1.29, 1.82) is 0 Å². The van der Waals surface area contributed by atoms with Crippen molar-refractivity contribution in [3.05, 3.63) is 65.7 Å². The predicted molar refractivity (Wildman–Crippen MR) is 99.7 cm³/mol. The Morgan fingerprint density at radius 1 is 0.906 bits per heavy atom. The highest BCUT2D eigenvalue weighted by Gasteiger charge is 2.71. The zero-order valence-electron chi connectivity index (χ0n) is 16.4. The first kappa shape index (κ1) is 25.0. The third-order valence-corrected chi connectivity index (χ3v) is 4.73. The molecule has 0 radical (unpaired) electrons. The maximum Gasteiger partial charge on any atom is 0.430 e. The molecule has 32 heavy (non-hydrogen) atoms. The molecule has 0 fully saturated rings. The highest BCUT2D eigenvalue weighted by atomic mass is 19.4. The molecule has 2 rings (SSSR count). The van der Waals surface area contributed by atoms with Crippen LogP contribution in [0.2, 0.25) is 0 Å². The van der Waals surface area contributed by atoms with Crippen LogP contribution in [0, 0.1) is 0 Å². The van der Waals surface area contributed by atoms with Crippen molar-refractivity contribution in [2.75, 3.05) is 0 Å². The van der Waals surface area contributed by atoms with Crippen molar-refractivity contribution < 1.29 is 41.0 Å². The zero-order valence-corrected chi connectivity index (χ0v) is 16.4. The molecule has 0 saturated carbocycles. The Hall–Kier alpha value is -3.28. The monoisotopic (exact) mass is 461 g/mol. The largest absolute Gasteiger partial charge is 0.430 e. The molecule has 1 amide bonds. The fraction of sp³-hybridized carbons (Fsp3) is 0.300. The van der Waals surface area contributed by atoms with Crippen molar-refractivity contribution in [2.24, 2.45) is 16.0 Å². The number of azo groups is 1. The molecule has 1 unspecified atom stereocenters. The van der Waals surface area contributed by atoms with Gasteiger partial charge in [0.05, 0.1) is 5.69 Å². The van der Waals surface area contributed by atoms with E-state index in [4.69, 9.17) is 5.73 Å². The van der Waals surface area contributed by atoms with Crippen LogP contribution in [0.4, 0.5) is 32.0 Å². The summed E-state index contributed by atoms with van der Waals surface area (Å²) in [5.41, 5.74) is -3.13. The molecule has 0 spiro atoms. The van der Waals surface area contributed by atoms with E-state index < -0.39 is 40.7 Å². The summed E-state index contributed by atoms with van der Waals surface area (Å²) in [5, 5.41) is 16.7. The fourth-order valence-corrected chi connectivity index (χ4v) is 2.83. The number of amides is 1. The van der Waals surface area contributed by atoms with Crippen LogP contribution in [0.5, 0.6) is 0 Å². The minimum Gasteiger partial charge on any atom is -0.369 e. The Morgan fingerprint density at radius 2 is 1.41 bits per heavy atom. The maximum atomic E-state index is 13.0. The van der Waals surface area contributed by atoms with E-state index >= 15 is 0 Å². The predicted octanol–water partition coefficient (Wildman–Crippen LogP) is 4.14. The number of rotatable bonds is 7. The molecule has 1 atom stereocenters. The van der Waals surface area contributed by atoms with Gasteiger partial charge in [-0.05, 0) is 24.6 Å². The number of nitrogens with two attached hydrogens (primary N) is 1. The summed E-state index contributed by atoms with van der Waals surface area (Å²) in [5.74, 6) is -1.91. The molecule has 2 aromatic carbocycles. The van der Waals surface area contributed by atoms with E-state index in [0.29, 0.717) is 17.7 Å². The number of carbonyl (C=O) groups is 2. The molecule has 172 valence electrons. The Labute approximate surface area is 177 Å². The van der Waals surface area contributed by atoms with Crippen LogP contribution in [0.3, 0.4) is 0 Å². The third-order valence-electron chi connectivity index (χ3n) is 4.73. The molecular weight excluding hydrogens is 444 g/mol. The maximum absolute atomic E-state index is 13.0. The van der Waals surface area contributed by atoms with Crippen molar-refractivity contribution in [2.45, 2.75) is 36.8 Å². The minimum absolute atomic E-state index is 0.262. The second-order valence-corrected chi connectivity index (χ2v) is 6.90. The van der Waals surface area contributed by atoms with Gasteiger partial charge in [0, 0.05) is 12.0 Å². The van der Waals surface area contributed by atoms with E-state index in [-0.39, 0.29) is 12.1 Å². The number of nitrogens with zero attached hydrogens (tertiary/aromatic N) is 2. The summed E-state index contributed by atoms with van der Waals surface area (Å²) < 4.78 is 77.8. The number of Topliss-reactive ketones (excluding diaryl/α,β-unsaturated/α-hetero) is 1. The van der Waals surface area contributed by atoms with Gasteiger partial charge in [-0.1, -0.05) is 42.5 Å². The highest BCUT2D eigenvalue weighted by Crippen LogP contribution is 2.50. The second-order valence-electron chi connectivity index (χ2n) is 6.90. The normalized spacial score (nSPS) is 14.9. The van der Waals surface area contributed by atoms with Gasteiger partial charge in [-0.3, -0.25) is 9.59 Å². The first-order chi connectivity index (χ1) is 14.6. The lowest BCUT2D eigenvalue weighted by Crippen LogP contribution is -2.53. The van der Waals surface area contributed by atoms with E-state index in [0.717, 1.165) is 19.1 Å². The Morgan fingerprint density at radius 3 is 1.81 bits per heavy atom. The number of benzene rings is 2. The molecule has 0 aliphatic carbocycles. The smallest absolute Gasteiger partial charge is 0.369 e. The molecule has 3 N–H and O–H groups in total. The van der Waals surface area contributed by atoms with Gasteiger partial charge in [-0.2, -0.15) is 36.6 Å². The van der Waals surface area contributed by atoms with E-state index in [1.807, 2.05) is 0 Å². The number of aliphatic hydroxyl groups is 1. The SMILES string of the molecule is CC(=O)C(Cc1ccccc1)(N=Nc1ccc(C(O)(C(F)(F)F)C(F)(F)F)cc1)C(N)=O. The number of primary amides is 1. The van der Waals surface area contributed by atoms with Gasteiger partial charge in [0.2, 0.25) is 5.54 Å². The number of alkyl halides is 6. The zero-order chi connectivity index (χ0) is 24.4. The fourth-order valence-electron chi connectivity index (χ4n) is 2.83. The number of carbonyl (C=O) groups excluding carboxylic acids is 2. The summed E-state index contributed by atoms with van der Waals surface area (Å²) in [7, 11) is 0. The van der Waals surface area contributed by atoms with Gasteiger partial charge < -0.3 is 10.8 Å². The quantitative estimate of drug-likeness (QED) is 0.368. The Bertz CT molecular complexity index is 974. The summed E-state index contributed by atoms with van der Waals surface area (Å²) >= 11 is 0. The van der Waals surface area contributed by atoms with Gasteiger partial charge in [0.15, 0.2) is 5.78 Å². The Kier molecular flexibility index (Phi) is 6.79. The lowest BCUT2D eigenvalue weighted by atomic mass is 9.87. The van der Waals surface area contributed by atoms with Crippen molar-refractivity contribution in [1.82, 2.24) is 0 Å². The average Bonchev–Trinajstić information content (AvgIpc) is 2.69. The van der Waals surface area contributed by atoms with Gasteiger partial charge in [0.1, 0.15) is 0 Å². The van der Waals surface area contributed by atoms with Gasteiger partial charge in [-0.15, -0.1) is 0 Å². The number of hydrogen-bond donors (Lipinski definition) is 2. The van der Waals surface area contributed by atoms with E-state index in [9.17, 15) is 41.0 Å². The first-order valence-corrected chi connectivity index (χ1v) is 8.89. The van der Waals surface area contributed by atoms with Crippen LogP contribution < -0.4 is 5.73 Å². The van der Waals surface area contributed by atoms with Crippen LogP contribution in [-0.4, -0.2) is 34.7 Å². The lowest BCUT2D eigenvalue weighted by molar-refractivity contribution is -0.376. The summed E-state index contributed by atoms with van der Waals surface area (Å²) in [6, 6.07) is 10.3. The van der Waals surface area contributed by atoms with Crippen molar-refractivity contribution >= 4 is 17.4 Å². The summed E-state index contributed by atoms with van der Waals surface area (Å²) in [6.07, 6.45) is -12.3. The number of halogens is 6. The number of hydrogen-bond acceptors (Lipinski definition) is 5. The molecule has 0 bridgehead atoms. The summed E-state index contributed by atoms with van der Waals surface area (Å²) in [4.78, 5) is 24.3. The molecule has 0 aliphatic rings. The van der Waals surface area contributed by atoms with Crippen molar-refractivity contribution in [3.8, 4) is 0 Å².